The molecule has 1 fully saturated rings. The number of hydrogen-bond acceptors (Lipinski definition) is 4. The van der Waals surface area contributed by atoms with Gasteiger partial charge < -0.3 is 14.8 Å². The van der Waals surface area contributed by atoms with Gasteiger partial charge in [0.1, 0.15) is 24.2 Å². The summed E-state index contributed by atoms with van der Waals surface area (Å²) in [6.07, 6.45) is 3.38. The van der Waals surface area contributed by atoms with Crippen LogP contribution in [0.2, 0.25) is 0 Å². The largest absolute Gasteiger partial charge is 0.341 e. The van der Waals surface area contributed by atoms with Gasteiger partial charge in [-0.25, -0.2) is 9.37 Å². The van der Waals surface area contributed by atoms with Crippen LogP contribution in [0.3, 0.4) is 0 Å². The number of imidazole rings is 1. The maximum atomic E-state index is 13.6. The van der Waals surface area contributed by atoms with Crippen LogP contribution in [0.4, 0.5) is 4.39 Å². The van der Waals surface area contributed by atoms with E-state index >= 15 is 0 Å². The van der Waals surface area contributed by atoms with E-state index in [4.69, 9.17) is 0 Å². The molecule has 24 heavy (non-hydrogen) atoms. The van der Waals surface area contributed by atoms with Gasteiger partial charge >= 0.3 is 0 Å². The number of aromatic nitrogens is 2. The van der Waals surface area contributed by atoms with E-state index in [1.165, 1.54) is 28.8 Å². The lowest BCUT2D eigenvalue weighted by Crippen LogP contribution is -2.40. The molecular weight excluding hydrogens is 331 g/mol. The van der Waals surface area contributed by atoms with Crippen molar-refractivity contribution in [1.82, 2.24) is 19.8 Å². The fourth-order valence-electron chi connectivity index (χ4n) is 2.56. The minimum absolute atomic E-state index is 0.0118. The second-order valence-corrected chi connectivity index (χ2v) is 6.48. The number of carbonyl (C=O) groups is 2. The van der Waals surface area contributed by atoms with Crippen LogP contribution in [0.5, 0.6) is 0 Å². The minimum atomic E-state index is -0.585. The molecule has 1 aliphatic heterocycles. The number of thioether (sulfide) groups is 1. The Morgan fingerprint density at radius 2 is 2.33 bits per heavy atom. The van der Waals surface area contributed by atoms with Crippen molar-refractivity contribution in [2.75, 3.05) is 18.2 Å². The Bertz CT molecular complexity index is 764. The number of carbonyl (C=O) groups excluding carboxylic acids is 2. The number of nitrogens with zero attached hydrogens (tertiary/aromatic N) is 3. The zero-order valence-electron chi connectivity index (χ0n) is 13.1. The van der Waals surface area contributed by atoms with E-state index in [2.05, 4.69) is 10.3 Å². The van der Waals surface area contributed by atoms with E-state index in [-0.39, 0.29) is 24.2 Å². The van der Waals surface area contributed by atoms with Crippen LogP contribution >= 0.6 is 11.8 Å². The van der Waals surface area contributed by atoms with E-state index in [1.807, 2.05) is 0 Å². The molecule has 126 valence electrons. The van der Waals surface area contributed by atoms with Crippen LogP contribution in [0, 0.1) is 5.82 Å². The summed E-state index contributed by atoms with van der Waals surface area (Å²) in [5.74, 6) is 0.778. The standard InChI is InChI=1S/C16H17FN4O2S/c1-20-6-5-18-16(20)15(11-3-2-4-12(17)7-11)19-13(22)8-21-10-24-9-14(21)23/h2-7,15H,8-10H2,1H3,(H,19,22). The van der Waals surface area contributed by atoms with E-state index in [9.17, 15) is 14.0 Å². The molecule has 1 unspecified atom stereocenters. The van der Waals surface area contributed by atoms with Crippen molar-refractivity contribution in [2.24, 2.45) is 7.05 Å². The van der Waals surface area contributed by atoms with Gasteiger partial charge in [0.15, 0.2) is 0 Å². The lowest BCUT2D eigenvalue weighted by molar-refractivity contribution is -0.132. The molecule has 3 rings (SSSR count). The third-order valence-electron chi connectivity index (χ3n) is 3.76. The highest BCUT2D eigenvalue weighted by molar-refractivity contribution is 8.00. The van der Waals surface area contributed by atoms with Gasteiger partial charge in [0.05, 0.1) is 11.6 Å². The fraction of sp³-hybridized carbons (Fsp3) is 0.312. The molecule has 2 amide bonds. The molecule has 8 heteroatoms. The van der Waals surface area contributed by atoms with Gasteiger partial charge in [-0.3, -0.25) is 9.59 Å². The first-order chi connectivity index (χ1) is 11.5. The fourth-order valence-corrected chi connectivity index (χ4v) is 3.46. The zero-order chi connectivity index (χ0) is 17.1. The van der Waals surface area contributed by atoms with Crippen LogP contribution < -0.4 is 5.32 Å². The Labute approximate surface area is 143 Å². The lowest BCUT2D eigenvalue weighted by Gasteiger charge is -2.21. The maximum Gasteiger partial charge on any atom is 0.240 e. The summed E-state index contributed by atoms with van der Waals surface area (Å²) in [6.45, 7) is -0.0118. The van der Waals surface area contributed by atoms with Crippen LogP contribution in [-0.2, 0) is 16.6 Å². The Hall–Kier alpha value is -2.35. The summed E-state index contributed by atoms with van der Waals surface area (Å²) in [7, 11) is 1.81. The van der Waals surface area contributed by atoms with Gasteiger partial charge in [0.25, 0.3) is 0 Å². The predicted octanol–water partition coefficient (Wildman–Crippen LogP) is 1.30. The SMILES string of the molecule is Cn1ccnc1C(NC(=O)CN1CSCC1=O)c1cccc(F)c1. The Morgan fingerprint density at radius 3 is 2.96 bits per heavy atom. The predicted molar refractivity (Wildman–Crippen MR) is 88.6 cm³/mol. The number of hydrogen-bond donors (Lipinski definition) is 1. The molecule has 1 saturated heterocycles. The molecule has 2 heterocycles. The second kappa shape index (κ2) is 7.04. The third kappa shape index (κ3) is 3.59. The Kier molecular flexibility index (Phi) is 4.84. The van der Waals surface area contributed by atoms with Crippen LogP contribution in [0.15, 0.2) is 36.7 Å². The van der Waals surface area contributed by atoms with Crippen molar-refractivity contribution in [3.8, 4) is 0 Å². The summed E-state index contributed by atoms with van der Waals surface area (Å²) < 4.78 is 15.4. The molecule has 0 spiro atoms. The number of nitrogens with one attached hydrogen (secondary N) is 1. The quantitative estimate of drug-likeness (QED) is 0.884. The maximum absolute atomic E-state index is 13.6. The number of benzene rings is 1. The van der Waals surface area contributed by atoms with Crippen molar-refractivity contribution < 1.29 is 14.0 Å². The molecule has 1 aliphatic rings. The molecule has 1 N–H and O–H groups in total. The monoisotopic (exact) mass is 348 g/mol. The molecule has 1 aromatic heterocycles. The van der Waals surface area contributed by atoms with Crippen molar-refractivity contribution in [1.29, 1.82) is 0 Å². The topological polar surface area (TPSA) is 67.2 Å². The summed E-state index contributed by atoms with van der Waals surface area (Å²) in [6, 6.07) is 5.46. The van der Waals surface area contributed by atoms with Crippen molar-refractivity contribution in [3.63, 3.8) is 0 Å². The summed E-state index contributed by atoms with van der Waals surface area (Å²) >= 11 is 1.48. The van der Waals surface area contributed by atoms with E-state index < -0.39 is 6.04 Å². The van der Waals surface area contributed by atoms with Gasteiger partial charge in [-0.2, -0.15) is 0 Å². The highest BCUT2D eigenvalue weighted by Gasteiger charge is 2.26. The lowest BCUT2D eigenvalue weighted by atomic mass is 10.1. The second-order valence-electron chi connectivity index (χ2n) is 5.52. The molecule has 1 aromatic carbocycles. The molecular formula is C16H17FN4O2S. The number of rotatable bonds is 5. The first kappa shape index (κ1) is 16.5. The van der Waals surface area contributed by atoms with E-state index in [0.29, 0.717) is 23.0 Å². The van der Waals surface area contributed by atoms with Crippen molar-refractivity contribution in [3.05, 3.63) is 53.9 Å². The van der Waals surface area contributed by atoms with Gasteiger partial charge in [0.2, 0.25) is 11.8 Å². The molecule has 0 aliphatic carbocycles. The summed E-state index contributed by atoms with van der Waals surface area (Å²) in [5.41, 5.74) is 0.597. The van der Waals surface area contributed by atoms with Crippen LogP contribution in [0.25, 0.3) is 0 Å². The number of amides is 2. The first-order valence-electron chi connectivity index (χ1n) is 7.42. The average molecular weight is 348 g/mol. The van der Waals surface area contributed by atoms with Crippen molar-refractivity contribution >= 4 is 23.6 Å². The van der Waals surface area contributed by atoms with E-state index in [1.54, 1.807) is 36.1 Å². The van der Waals surface area contributed by atoms with E-state index in [0.717, 1.165) is 0 Å². The van der Waals surface area contributed by atoms with Gasteiger partial charge in [-0.15, -0.1) is 11.8 Å². The van der Waals surface area contributed by atoms with Crippen molar-refractivity contribution in [2.45, 2.75) is 6.04 Å². The summed E-state index contributed by atoms with van der Waals surface area (Å²) in [4.78, 5) is 29.8. The number of halogens is 1. The highest BCUT2D eigenvalue weighted by atomic mass is 32.2. The molecule has 6 nitrogen and oxygen atoms in total. The summed E-state index contributed by atoms with van der Waals surface area (Å²) in [5, 5.41) is 2.86. The van der Waals surface area contributed by atoms with Crippen LogP contribution in [-0.4, -0.2) is 44.4 Å². The molecule has 1 atom stereocenters. The average Bonchev–Trinajstić information content (AvgIpc) is 3.14. The first-order valence-corrected chi connectivity index (χ1v) is 8.57. The van der Waals surface area contributed by atoms with Gasteiger partial charge in [0, 0.05) is 19.4 Å². The molecule has 0 bridgehead atoms. The molecule has 0 saturated carbocycles. The molecule has 2 aromatic rings. The highest BCUT2D eigenvalue weighted by Crippen LogP contribution is 2.21. The third-order valence-corrected chi connectivity index (χ3v) is 4.71. The Balaban J connectivity index is 1.81. The normalized spacial score (nSPS) is 15.6. The Morgan fingerprint density at radius 1 is 1.50 bits per heavy atom. The van der Waals surface area contributed by atoms with Crippen LogP contribution in [0.1, 0.15) is 17.4 Å². The smallest absolute Gasteiger partial charge is 0.240 e. The van der Waals surface area contributed by atoms with Gasteiger partial charge in [-0.1, -0.05) is 12.1 Å². The zero-order valence-corrected chi connectivity index (χ0v) is 13.9. The van der Waals surface area contributed by atoms with Gasteiger partial charge in [-0.05, 0) is 17.7 Å². The number of aryl methyl sites for hydroxylation is 1. The molecule has 0 radical (unpaired) electrons. The minimum Gasteiger partial charge on any atom is -0.341 e.